The highest BCUT2D eigenvalue weighted by Gasteiger charge is 2.20. The van der Waals surface area contributed by atoms with Crippen molar-refractivity contribution in [3.8, 4) is 0 Å². The van der Waals surface area contributed by atoms with E-state index >= 15 is 0 Å². The molecule has 0 amide bonds. The minimum atomic E-state index is -0.585. The molecule has 2 aromatic rings. The number of aliphatic hydroxyl groups excluding tert-OH is 1. The third-order valence-electron chi connectivity index (χ3n) is 3.58. The zero-order valence-electron chi connectivity index (χ0n) is 11.4. The lowest BCUT2D eigenvalue weighted by atomic mass is 9.87. The van der Waals surface area contributed by atoms with E-state index in [1.807, 2.05) is 37.3 Å². The largest absolute Gasteiger partial charge is 0.392 e. The maximum Gasteiger partial charge on any atom is 0.127 e. The van der Waals surface area contributed by atoms with Gasteiger partial charge in [0.05, 0.1) is 6.10 Å². The maximum atomic E-state index is 13.8. The molecule has 0 heterocycles. The molecule has 20 heavy (non-hydrogen) atoms. The van der Waals surface area contributed by atoms with Crippen LogP contribution in [0.3, 0.4) is 0 Å². The molecule has 0 saturated heterocycles. The first-order chi connectivity index (χ1) is 9.61. The van der Waals surface area contributed by atoms with Crippen LogP contribution in [0.25, 0.3) is 0 Å². The summed E-state index contributed by atoms with van der Waals surface area (Å²) < 4.78 is 14.6. The van der Waals surface area contributed by atoms with Crippen molar-refractivity contribution in [2.45, 2.75) is 31.8 Å². The quantitative estimate of drug-likeness (QED) is 0.840. The van der Waals surface area contributed by atoms with Crippen molar-refractivity contribution in [2.24, 2.45) is 0 Å². The molecule has 0 aromatic heterocycles. The van der Waals surface area contributed by atoms with Crippen molar-refractivity contribution in [3.63, 3.8) is 0 Å². The van der Waals surface area contributed by atoms with E-state index in [0.29, 0.717) is 16.5 Å². The molecule has 2 unspecified atom stereocenters. The Morgan fingerprint density at radius 1 is 1.15 bits per heavy atom. The fourth-order valence-electron chi connectivity index (χ4n) is 2.48. The Balaban J connectivity index is 2.15. The Hall–Kier alpha value is -1.19. The molecule has 0 saturated carbocycles. The van der Waals surface area contributed by atoms with Gasteiger partial charge in [-0.05, 0) is 29.7 Å². The second-order valence-electron chi connectivity index (χ2n) is 4.93. The highest BCUT2D eigenvalue weighted by atomic mass is 79.9. The highest BCUT2D eigenvalue weighted by Crippen LogP contribution is 2.26. The Morgan fingerprint density at radius 2 is 1.85 bits per heavy atom. The van der Waals surface area contributed by atoms with Gasteiger partial charge in [-0.3, -0.25) is 0 Å². The van der Waals surface area contributed by atoms with Crippen LogP contribution in [-0.4, -0.2) is 11.2 Å². The van der Waals surface area contributed by atoms with Crippen LogP contribution in [-0.2, 0) is 6.42 Å². The smallest absolute Gasteiger partial charge is 0.127 e. The molecule has 0 aliphatic heterocycles. The summed E-state index contributed by atoms with van der Waals surface area (Å²) in [5.74, 6) is -0.249. The Labute approximate surface area is 127 Å². The van der Waals surface area contributed by atoms with Crippen molar-refractivity contribution in [1.82, 2.24) is 0 Å². The molecule has 0 radical (unpaired) electrons. The van der Waals surface area contributed by atoms with Gasteiger partial charge in [-0.25, -0.2) is 4.39 Å². The predicted octanol–water partition coefficient (Wildman–Crippen LogP) is 4.69. The van der Waals surface area contributed by atoms with Gasteiger partial charge < -0.3 is 5.11 Å². The summed E-state index contributed by atoms with van der Waals surface area (Å²) in [5, 5.41) is 10.4. The third-order valence-corrected chi connectivity index (χ3v) is 4.07. The van der Waals surface area contributed by atoms with Gasteiger partial charge in [0.15, 0.2) is 0 Å². The number of hydrogen-bond acceptors (Lipinski definition) is 1. The van der Waals surface area contributed by atoms with E-state index in [9.17, 15) is 9.50 Å². The highest BCUT2D eigenvalue weighted by molar-refractivity contribution is 9.10. The van der Waals surface area contributed by atoms with Gasteiger partial charge in [-0.1, -0.05) is 59.3 Å². The maximum absolute atomic E-state index is 13.8. The first-order valence-corrected chi connectivity index (χ1v) is 7.58. The van der Waals surface area contributed by atoms with Crippen molar-refractivity contribution in [1.29, 1.82) is 0 Å². The topological polar surface area (TPSA) is 20.2 Å². The van der Waals surface area contributed by atoms with Crippen LogP contribution >= 0.6 is 15.9 Å². The number of benzene rings is 2. The molecule has 2 aromatic carbocycles. The summed E-state index contributed by atoms with van der Waals surface area (Å²) >= 11 is 3.24. The average molecular weight is 337 g/mol. The zero-order valence-corrected chi connectivity index (χ0v) is 13.0. The SMILES string of the molecule is CCC(c1ccccc1)C(O)Cc1ccc(Br)cc1F. The minimum absolute atomic E-state index is 0.0271. The number of aliphatic hydroxyl groups is 1. The Morgan fingerprint density at radius 3 is 2.45 bits per heavy atom. The molecule has 0 aliphatic rings. The van der Waals surface area contributed by atoms with Crippen LogP contribution in [0.4, 0.5) is 4.39 Å². The minimum Gasteiger partial charge on any atom is -0.392 e. The fraction of sp³-hybridized carbons (Fsp3) is 0.294. The molecule has 1 nitrogen and oxygen atoms in total. The second-order valence-corrected chi connectivity index (χ2v) is 5.85. The summed E-state index contributed by atoms with van der Waals surface area (Å²) in [7, 11) is 0. The van der Waals surface area contributed by atoms with Gasteiger partial charge in [0.2, 0.25) is 0 Å². The molecule has 2 atom stereocenters. The number of hydrogen-bond donors (Lipinski definition) is 1. The van der Waals surface area contributed by atoms with Gasteiger partial charge in [-0.15, -0.1) is 0 Å². The van der Waals surface area contributed by atoms with Crippen LogP contribution in [0.15, 0.2) is 53.0 Å². The van der Waals surface area contributed by atoms with E-state index in [1.165, 1.54) is 6.07 Å². The van der Waals surface area contributed by atoms with Crippen LogP contribution < -0.4 is 0 Å². The van der Waals surface area contributed by atoms with Crippen LogP contribution in [0.2, 0.25) is 0 Å². The first kappa shape index (κ1) is 15.2. The lowest BCUT2D eigenvalue weighted by molar-refractivity contribution is 0.139. The van der Waals surface area contributed by atoms with Crippen LogP contribution in [0.1, 0.15) is 30.4 Å². The molecule has 2 rings (SSSR count). The van der Waals surface area contributed by atoms with E-state index < -0.39 is 6.10 Å². The molecule has 1 N–H and O–H groups in total. The summed E-state index contributed by atoms with van der Waals surface area (Å²) in [4.78, 5) is 0. The van der Waals surface area contributed by atoms with Gasteiger partial charge in [-0.2, -0.15) is 0 Å². The summed E-state index contributed by atoms with van der Waals surface area (Å²) in [5.41, 5.74) is 1.65. The Bertz CT molecular complexity index is 556. The van der Waals surface area contributed by atoms with E-state index in [-0.39, 0.29) is 11.7 Å². The molecule has 0 fully saturated rings. The van der Waals surface area contributed by atoms with E-state index in [0.717, 1.165) is 12.0 Å². The average Bonchev–Trinajstić information content (AvgIpc) is 2.44. The molecule has 0 bridgehead atoms. The van der Waals surface area contributed by atoms with E-state index in [2.05, 4.69) is 15.9 Å². The van der Waals surface area contributed by atoms with Crippen molar-refractivity contribution in [2.75, 3.05) is 0 Å². The lowest BCUT2D eigenvalue weighted by Gasteiger charge is -2.22. The summed E-state index contributed by atoms with van der Waals surface area (Å²) in [6.45, 7) is 2.04. The third kappa shape index (κ3) is 3.68. The molecule has 0 aliphatic carbocycles. The van der Waals surface area contributed by atoms with Crippen molar-refractivity contribution >= 4 is 15.9 Å². The molecular formula is C17H18BrFO. The monoisotopic (exact) mass is 336 g/mol. The second kappa shape index (κ2) is 7.00. The molecule has 3 heteroatoms. The molecule has 106 valence electrons. The van der Waals surface area contributed by atoms with Crippen molar-refractivity contribution < 1.29 is 9.50 Å². The zero-order chi connectivity index (χ0) is 14.5. The molecular weight excluding hydrogens is 319 g/mol. The van der Waals surface area contributed by atoms with Crippen LogP contribution in [0, 0.1) is 5.82 Å². The van der Waals surface area contributed by atoms with Crippen LogP contribution in [0.5, 0.6) is 0 Å². The number of halogens is 2. The van der Waals surface area contributed by atoms with E-state index in [4.69, 9.17) is 0 Å². The van der Waals surface area contributed by atoms with Gasteiger partial charge >= 0.3 is 0 Å². The van der Waals surface area contributed by atoms with Gasteiger partial charge in [0, 0.05) is 16.8 Å². The standard InChI is InChI=1S/C17H18BrFO/c1-2-15(12-6-4-3-5-7-12)17(20)10-13-8-9-14(18)11-16(13)19/h3-9,11,15,17,20H,2,10H2,1H3. The first-order valence-electron chi connectivity index (χ1n) is 6.78. The van der Waals surface area contributed by atoms with Crippen molar-refractivity contribution in [3.05, 3.63) is 69.9 Å². The Kier molecular flexibility index (Phi) is 5.32. The summed E-state index contributed by atoms with van der Waals surface area (Å²) in [6, 6.07) is 14.9. The fourth-order valence-corrected chi connectivity index (χ4v) is 2.82. The van der Waals surface area contributed by atoms with Gasteiger partial charge in [0.25, 0.3) is 0 Å². The summed E-state index contributed by atoms with van der Waals surface area (Å²) in [6.07, 6.45) is 0.564. The van der Waals surface area contributed by atoms with Gasteiger partial charge in [0.1, 0.15) is 5.82 Å². The predicted molar refractivity (Wildman–Crippen MR) is 83.3 cm³/mol. The lowest BCUT2D eigenvalue weighted by Crippen LogP contribution is -2.21. The molecule has 0 spiro atoms. The number of rotatable bonds is 5. The van der Waals surface area contributed by atoms with E-state index in [1.54, 1.807) is 12.1 Å². The normalized spacial score (nSPS) is 14.0.